The number of aromatic amines is 1. The molecule has 4 heterocycles. The van der Waals surface area contributed by atoms with Crippen molar-refractivity contribution in [3.8, 4) is 0 Å². The SMILES string of the molecule is Cc1cn2cc(NC(=O)c3ccc(N4CCN(C(=O)OC(C)(C)C)CC4)c4cc(C)[nH]c34)c(=O)n(C)c2n1. The Hall–Kier alpha value is -4.28. The topological polar surface area (TPSA) is 117 Å². The molecule has 3 aromatic heterocycles. The van der Waals surface area contributed by atoms with E-state index in [1.807, 2.05) is 46.8 Å². The van der Waals surface area contributed by atoms with E-state index in [0.29, 0.717) is 43.0 Å². The molecule has 0 aliphatic carbocycles. The zero-order valence-corrected chi connectivity index (χ0v) is 22.6. The number of hydrogen-bond acceptors (Lipinski definition) is 6. The van der Waals surface area contributed by atoms with Gasteiger partial charge in [0.05, 0.1) is 16.8 Å². The fourth-order valence-corrected chi connectivity index (χ4v) is 4.85. The van der Waals surface area contributed by atoms with Crippen LogP contribution in [-0.4, -0.2) is 67.6 Å². The lowest BCUT2D eigenvalue weighted by Crippen LogP contribution is -2.50. The van der Waals surface area contributed by atoms with Gasteiger partial charge in [0, 0.05) is 62.4 Å². The first kappa shape index (κ1) is 25.4. The molecule has 11 heteroatoms. The van der Waals surface area contributed by atoms with Crippen LogP contribution < -0.4 is 15.8 Å². The zero-order valence-electron chi connectivity index (χ0n) is 22.6. The van der Waals surface area contributed by atoms with Gasteiger partial charge in [-0.2, -0.15) is 0 Å². The molecule has 0 bridgehead atoms. The number of anilines is 2. The zero-order chi connectivity index (χ0) is 27.4. The number of nitrogens with zero attached hydrogens (tertiary/aromatic N) is 5. The van der Waals surface area contributed by atoms with Crippen LogP contribution in [0.3, 0.4) is 0 Å². The molecule has 1 fully saturated rings. The van der Waals surface area contributed by atoms with Gasteiger partial charge in [-0.25, -0.2) is 9.78 Å². The molecule has 4 aromatic rings. The van der Waals surface area contributed by atoms with Crippen LogP contribution in [0.5, 0.6) is 0 Å². The molecular weight excluding hydrogens is 486 g/mol. The van der Waals surface area contributed by atoms with Crippen LogP contribution in [0.1, 0.15) is 42.5 Å². The number of imidazole rings is 1. The van der Waals surface area contributed by atoms with E-state index in [-0.39, 0.29) is 23.2 Å². The largest absolute Gasteiger partial charge is 0.444 e. The molecule has 0 unspecified atom stereocenters. The molecule has 1 aliphatic rings. The van der Waals surface area contributed by atoms with E-state index in [2.05, 4.69) is 20.2 Å². The maximum atomic E-state index is 13.4. The van der Waals surface area contributed by atoms with Crippen LogP contribution in [0.4, 0.5) is 16.2 Å². The van der Waals surface area contributed by atoms with Gasteiger partial charge in [0.15, 0.2) is 0 Å². The van der Waals surface area contributed by atoms with E-state index < -0.39 is 5.60 Å². The standard InChI is InChI=1S/C27H33N7O4/c1-16-13-19-21(32-9-11-33(12-10-32)26(37)38-27(3,4)5)8-7-18(22(19)28-16)23(35)30-20-15-34-14-17(2)29-25(34)31(6)24(20)36/h7-8,13-15,28H,9-12H2,1-6H3,(H,30,35). The number of hydrogen-bond donors (Lipinski definition) is 2. The van der Waals surface area contributed by atoms with Gasteiger partial charge < -0.3 is 24.8 Å². The Balaban J connectivity index is 1.39. The van der Waals surface area contributed by atoms with E-state index in [0.717, 1.165) is 22.5 Å². The Morgan fingerprint density at radius 1 is 1.08 bits per heavy atom. The minimum atomic E-state index is -0.535. The predicted octanol–water partition coefficient (Wildman–Crippen LogP) is 3.44. The molecule has 0 radical (unpaired) electrons. The second-order valence-electron chi connectivity index (χ2n) is 10.8. The Labute approximate surface area is 220 Å². The third-order valence-electron chi connectivity index (χ3n) is 6.61. The first-order chi connectivity index (χ1) is 17.9. The lowest BCUT2D eigenvalue weighted by Gasteiger charge is -2.37. The first-order valence-corrected chi connectivity index (χ1v) is 12.6. The van der Waals surface area contributed by atoms with Crippen molar-refractivity contribution in [2.24, 2.45) is 7.05 Å². The Kier molecular flexibility index (Phi) is 6.16. The van der Waals surface area contributed by atoms with Crippen LogP contribution in [0.25, 0.3) is 16.7 Å². The molecule has 2 N–H and O–H groups in total. The van der Waals surface area contributed by atoms with Gasteiger partial charge in [-0.3, -0.25) is 18.6 Å². The van der Waals surface area contributed by atoms with Gasteiger partial charge in [0.2, 0.25) is 5.78 Å². The van der Waals surface area contributed by atoms with Crippen molar-refractivity contribution in [3.63, 3.8) is 0 Å². The summed E-state index contributed by atoms with van der Waals surface area (Å²) in [6.45, 7) is 11.7. The number of ether oxygens (including phenoxy) is 1. The lowest BCUT2D eigenvalue weighted by molar-refractivity contribution is 0.0240. The number of piperazine rings is 1. The number of carbonyl (C=O) groups is 2. The monoisotopic (exact) mass is 519 g/mol. The van der Waals surface area contributed by atoms with Gasteiger partial charge in [-0.1, -0.05) is 0 Å². The summed E-state index contributed by atoms with van der Waals surface area (Å²) < 4.78 is 8.65. The number of aryl methyl sites for hydroxylation is 3. The van der Waals surface area contributed by atoms with Gasteiger partial charge >= 0.3 is 6.09 Å². The predicted molar refractivity (Wildman–Crippen MR) is 146 cm³/mol. The fraction of sp³-hybridized carbons (Fsp3) is 0.407. The van der Waals surface area contributed by atoms with Crippen molar-refractivity contribution in [1.29, 1.82) is 0 Å². The molecule has 0 atom stereocenters. The van der Waals surface area contributed by atoms with Crippen molar-refractivity contribution in [3.05, 3.63) is 57.9 Å². The van der Waals surface area contributed by atoms with E-state index in [1.165, 1.54) is 4.57 Å². The Bertz CT molecular complexity index is 1610. The number of fused-ring (bicyclic) bond motifs is 2. The normalized spacial score (nSPS) is 14.4. The Morgan fingerprint density at radius 3 is 2.47 bits per heavy atom. The minimum Gasteiger partial charge on any atom is -0.444 e. The highest BCUT2D eigenvalue weighted by Crippen LogP contribution is 2.31. The summed E-state index contributed by atoms with van der Waals surface area (Å²) in [6, 6.07) is 5.71. The second-order valence-corrected chi connectivity index (χ2v) is 10.8. The molecule has 0 saturated carbocycles. The maximum absolute atomic E-state index is 13.4. The van der Waals surface area contributed by atoms with Crippen LogP contribution in [0.2, 0.25) is 0 Å². The summed E-state index contributed by atoms with van der Waals surface area (Å²) in [5.41, 5.74) is 3.10. The average Bonchev–Trinajstić information content (AvgIpc) is 3.42. The van der Waals surface area contributed by atoms with Crippen LogP contribution in [-0.2, 0) is 11.8 Å². The molecule has 0 spiro atoms. The summed E-state index contributed by atoms with van der Waals surface area (Å²) in [5, 5.41) is 3.70. The average molecular weight is 520 g/mol. The summed E-state index contributed by atoms with van der Waals surface area (Å²) >= 11 is 0. The Morgan fingerprint density at radius 2 is 1.79 bits per heavy atom. The van der Waals surface area contributed by atoms with Crippen molar-refractivity contribution < 1.29 is 14.3 Å². The van der Waals surface area contributed by atoms with Crippen LogP contribution in [0.15, 0.2) is 35.4 Å². The number of benzene rings is 1. The number of aromatic nitrogens is 4. The smallest absolute Gasteiger partial charge is 0.410 e. The van der Waals surface area contributed by atoms with Gasteiger partial charge in [0.25, 0.3) is 11.5 Å². The van der Waals surface area contributed by atoms with Crippen LogP contribution in [0, 0.1) is 13.8 Å². The summed E-state index contributed by atoms with van der Waals surface area (Å²) in [4.78, 5) is 50.3. The highest BCUT2D eigenvalue weighted by Gasteiger charge is 2.27. The third-order valence-corrected chi connectivity index (χ3v) is 6.61. The number of nitrogens with one attached hydrogen (secondary N) is 2. The number of rotatable bonds is 3. The summed E-state index contributed by atoms with van der Waals surface area (Å²) in [6.07, 6.45) is 3.08. The molecule has 1 aliphatic heterocycles. The summed E-state index contributed by atoms with van der Waals surface area (Å²) in [7, 11) is 1.63. The van der Waals surface area contributed by atoms with Crippen molar-refractivity contribution in [2.45, 2.75) is 40.2 Å². The van der Waals surface area contributed by atoms with E-state index >= 15 is 0 Å². The maximum Gasteiger partial charge on any atom is 0.410 e. The van der Waals surface area contributed by atoms with Crippen molar-refractivity contribution >= 4 is 40.1 Å². The molecule has 1 aromatic carbocycles. The van der Waals surface area contributed by atoms with Crippen molar-refractivity contribution in [1.82, 2.24) is 23.8 Å². The van der Waals surface area contributed by atoms with Gasteiger partial charge in [-0.15, -0.1) is 0 Å². The lowest BCUT2D eigenvalue weighted by atomic mass is 10.1. The highest BCUT2D eigenvalue weighted by molar-refractivity contribution is 6.14. The van der Waals surface area contributed by atoms with Gasteiger partial charge in [-0.05, 0) is 52.8 Å². The fourth-order valence-electron chi connectivity index (χ4n) is 4.85. The molecule has 38 heavy (non-hydrogen) atoms. The molecular formula is C27H33N7O4. The van der Waals surface area contributed by atoms with E-state index in [1.54, 1.807) is 34.8 Å². The highest BCUT2D eigenvalue weighted by atomic mass is 16.6. The second kappa shape index (κ2) is 9.23. The molecule has 2 amide bonds. The molecule has 11 nitrogen and oxygen atoms in total. The number of carbonyl (C=O) groups excluding carboxylic acids is 2. The number of H-pyrrole nitrogens is 1. The molecule has 200 valence electrons. The summed E-state index contributed by atoms with van der Waals surface area (Å²) in [5.74, 6) is 0.121. The minimum absolute atomic E-state index is 0.168. The quantitative estimate of drug-likeness (QED) is 0.428. The molecule has 1 saturated heterocycles. The van der Waals surface area contributed by atoms with Gasteiger partial charge in [0.1, 0.15) is 11.3 Å². The third kappa shape index (κ3) is 4.71. The van der Waals surface area contributed by atoms with Crippen LogP contribution >= 0.6 is 0 Å². The first-order valence-electron chi connectivity index (χ1n) is 12.6. The molecule has 5 rings (SSSR count). The van der Waals surface area contributed by atoms with Crippen molar-refractivity contribution in [2.75, 3.05) is 36.4 Å². The van der Waals surface area contributed by atoms with E-state index in [4.69, 9.17) is 4.74 Å². The number of amides is 2. The van der Waals surface area contributed by atoms with E-state index in [9.17, 15) is 14.4 Å².